The Hall–Kier alpha value is -2.49. The average Bonchev–Trinajstić information content (AvgIpc) is 2.38. The maximum atomic E-state index is 10.6. The highest BCUT2D eigenvalue weighted by Crippen LogP contribution is 2.20. The van der Waals surface area contributed by atoms with Gasteiger partial charge in [0.1, 0.15) is 0 Å². The van der Waals surface area contributed by atoms with Gasteiger partial charge in [0, 0.05) is 29.1 Å². The Bertz CT molecular complexity index is 587. The molecule has 0 heterocycles. The molecular weight excluding hydrogens is 334 g/mol. The van der Waals surface area contributed by atoms with Crippen molar-refractivity contribution in [3.63, 3.8) is 0 Å². The van der Waals surface area contributed by atoms with Crippen molar-refractivity contribution in [2.75, 3.05) is 0 Å². The van der Waals surface area contributed by atoms with Crippen LogP contribution in [0.3, 0.4) is 0 Å². The van der Waals surface area contributed by atoms with Gasteiger partial charge in [-0.3, -0.25) is 14.9 Å². The smallest absolute Gasteiger partial charge is 0.329 e. The molecule has 0 aliphatic heterocycles. The monoisotopic (exact) mass is 343 g/mol. The van der Waals surface area contributed by atoms with E-state index in [2.05, 4.69) is 36.5 Å². The maximum Gasteiger partial charge on any atom is 0.329 e. The van der Waals surface area contributed by atoms with E-state index in [1.54, 1.807) is 0 Å². The summed E-state index contributed by atoms with van der Waals surface area (Å²) in [6.07, 6.45) is 1.26. The molecule has 106 valence electrons. The summed E-state index contributed by atoms with van der Waals surface area (Å²) >= 11 is 3.22. The fourth-order valence-corrected chi connectivity index (χ4v) is 1.39. The fraction of sp³-hybridized carbons (Fsp3) is 0.100. The number of hydrogen-bond acceptors (Lipinski definition) is 6. The van der Waals surface area contributed by atoms with Gasteiger partial charge in [-0.2, -0.15) is 10.6 Å². The van der Waals surface area contributed by atoms with Crippen LogP contribution in [-0.2, 0) is 9.63 Å². The van der Waals surface area contributed by atoms with Crippen molar-refractivity contribution in [3.05, 3.63) is 38.3 Å². The maximum absolute atomic E-state index is 10.6. The summed E-state index contributed by atoms with van der Waals surface area (Å²) in [4.78, 5) is 25.0. The normalized spacial score (nSPS) is 11.4. The van der Waals surface area contributed by atoms with Crippen LogP contribution in [0.4, 0.5) is 5.69 Å². The lowest BCUT2D eigenvalue weighted by Gasteiger charge is -2.00. The molecule has 0 aliphatic carbocycles. The molecule has 0 radical (unpaired) electrons. The van der Waals surface area contributed by atoms with E-state index >= 15 is 0 Å². The molecule has 0 amide bonds. The van der Waals surface area contributed by atoms with E-state index in [0.29, 0.717) is 10.0 Å². The highest BCUT2D eigenvalue weighted by molar-refractivity contribution is 9.10. The van der Waals surface area contributed by atoms with E-state index < -0.39 is 10.9 Å². The lowest BCUT2D eigenvalue weighted by Crippen LogP contribution is -2.32. The van der Waals surface area contributed by atoms with Gasteiger partial charge in [-0.15, -0.1) is 5.10 Å². The Morgan fingerprint density at radius 3 is 2.90 bits per heavy atom. The molecule has 0 saturated heterocycles. The van der Waals surface area contributed by atoms with E-state index in [1.807, 2.05) is 0 Å². The van der Waals surface area contributed by atoms with Crippen molar-refractivity contribution in [1.82, 2.24) is 5.48 Å². The summed E-state index contributed by atoms with van der Waals surface area (Å²) in [6, 6.07) is 4.18. The first-order valence-electron chi connectivity index (χ1n) is 5.14. The molecule has 1 aromatic rings. The summed E-state index contributed by atoms with van der Waals surface area (Å²) in [5, 5.41) is 17.7. The number of nitrogens with two attached hydrogens (primary N) is 1. The van der Waals surface area contributed by atoms with Crippen LogP contribution in [0.1, 0.15) is 12.5 Å². The van der Waals surface area contributed by atoms with Crippen LogP contribution in [0.15, 0.2) is 32.9 Å². The van der Waals surface area contributed by atoms with Crippen LogP contribution >= 0.6 is 15.9 Å². The van der Waals surface area contributed by atoms with Crippen LogP contribution in [0.5, 0.6) is 0 Å². The third-order valence-corrected chi connectivity index (χ3v) is 2.57. The number of carbonyl (C=O) groups excluding carboxylic acids is 1. The second-order valence-electron chi connectivity index (χ2n) is 3.39. The molecule has 1 rings (SSSR count). The minimum atomic E-state index is -0.589. The molecular formula is C10H10BrN5O4. The van der Waals surface area contributed by atoms with Crippen molar-refractivity contribution in [2.24, 2.45) is 15.9 Å². The van der Waals surface area contributed by atoms with Gasteiger partial charge in [0.2, 0.25) is 5.96 Å². The third-order valence-electron chi connectivity index (χ3n) is 1.85. The molecule has 20 heavy (non-hydrogen) atoms. The van der Waals surface area contributed by atoms with Crippen molar-refractivity contribution < 1.29 is 14.6 Å². The van der Waals surface area contributed by atoms with E-state index in [1.165, 1.54) is 31.3 Å². The first-order valence-corrected chi connectivity index (χ1v) is 5.93. The molecule has 3 N–H and O–H groups in total. The standard InChI is InChI=1S/C10H10BrN5O4/c1-6(17)20-15-10(12)14-13-5-7-4-8(16(18)19)2-3-9(7)11/h2-5H,1H3,(H3,12,14,15). The topological polar surface area (TPSA) is 132 Å². The molecule has 1 aromatic carbocycles. The number of benzene rings is 1. The molecule has 0 aromatic heterocycles. The Balaban J connectivity index is 2.79. The number of nitro benzene ring substituents is 1. The number of halogens is 1. The molecule has 0 spiro atoms. The molecule has 9 nitrogen and oxygen atoms in total. The summed E-state index contributed by atoms with van der Waals surface area (Å²) in [6.45, 7) is 1.18. The van der Waals surface area contributed by atoms with Crippen molar-refractivity contribution >= 4 is 39.8 Å². The van der Waals surface area contributed by atoms with E-state index in [9.17, 15) is 14.9 Å². The van der Waals surface area contributed by atoms with Crippen LogP contribution in [0.25, 0.3) is 0 Å². The summed E-state index contributed by atoms with van der Waals surface area (Å²) in [7, 11) is 0. The Morgan fingerprint density at radius 2 is 2.30 bits per heavy atom. The summed E-state index contributed by atoms with van der Waals surface area (Å²) in [5.41, 5.74) is 7.76. The zero-order valence-electron chi connectivity index (χ0n) is 10.2. The number of nitrogens with one attached hydrogen (secondary N) is 1. The fourth-order valence-electron chi connectivity index (χ4n) is 1.04. The third kappa shape index (κ3) is 5.02. The zero-order chi connectivity index (χ0) is 15.1. The predicted molar refractivity (Wildman–Crippen MR) is 74.9 cm³/mol. The average molecular weight is 344 g/mol. The van der Waals surface area contributed by atoms with Gasteiger partial charge < -0.3 is 10.6 Å². The Kier molecular flexibility index (Phi) is 5.59. The second-order valence-corrected chi connectivity index (χ2v) is 4.24. The zero-order valence-corrected chi connectivity index (χ0v) is 11.8. The van der Waals surface area contributed by atoms with Gasteiger partial charge in [0.25, 0.3) is 5.69 Å². The molecule has 0 bridgehead atoms. The highest BCUT2D eigenvalue weighted by Gasteiger charge is 2.07. The molecule has 0 saturated carbocycles. The quantitative estimate of drug-likeness (QED) is 0.365. The van der Waals surface area contributed by atoms with Gasteiger partial charge in [-0.1, -0.05) is 15.9 Å². The molecule has 10 heteroatoms. The number of carbonyl (C=O) groups is 1. The highest BCUT2D eigenvalue weighted by atomic mass is 79.9. The van der Waals surface area contributed by atoms with Crippen LogP contribution in [0, 0.1) is 10.1 Å². The number of guanidine groups is 1. The van der Waals surface area contributed by atoms with Crippen molar-refractivity contribution in [3.8, 4) is 0 Å². The molecule has 0 atom stereocenters. The van der Waals surface area contributed by atoms with Crippen molar-refractivity contribution in [1.29, 1.82) is 0 Å². The molecule has 0 unspecified atom stereocenters. The number of hydrogen-bond donors (Lipinski definition) is 2. The number of rotatable bonds is 3. The van der Waals surface area contributed by atoms with E-state index in [-0.39, 0.29) is 11.6 Å². The van der Waals surface area contributed by atoms with Crippen molar-refractivity contribution in [2.45, 2.75) is 6.92 Å². The van der Waals surface area contributed by atoms with Gasteiger partial charge in [-0.25, -0.2) is 0 Å². The predicted octanol–water partition coefficient (Wildman–Crippen LogP) is 1.07. The van der Waals surface area contributed by atoms with Gasteiger partial charge >= 0.3 is 5.97 Å². The number of nitrogens with zero attached hydrogens (tertiary/aromatic N) is 3. The van der Waals surface area contributed by atoms with Gasteiger partial charge in [0.15, 0.2) is 0 Å². The van der Waals surface area contributed by atoms with Crippen LogP contribution < -0.4 is 11.2 Å². The molecule has 0 aliphatic rings. The summed E-state index contributed by atoms with van der Waals surface area (Å²) < 4.78 is 0.605. The first-order chi connectivity index (χ1) is 9.40. The minimum Gasteiger partial charge on any atom is -0.366 e. The molecule has 0 fully saturated rings. The van der Waals surface area contributed by atoms with Crippen LogP contribution in [-0.4, -0.2) is 23.1 Å². The number of non-ortho nitro benzene ring substituents is 1. The number of hydroxylamine groups is 1. The lowest BCUT2D eigenvalue weighted by atomic mass is 10.2. The first kappa shape index (κ1) is 15.6. The Morgan fingerprint density at radius 1 is 1.60 bits per heavy atom. The van der Waals surface area contributed by atoms with E-state index in [0.717, 1.165) is 0 Å². The largest absolute Gasteiger partial charge is 0.366 e. The van der Waals surface area contributed by atoms with Crippen LogP contribution in [0.2, 0.25) is 0 Å². The second kappa shape index (κ2) is 7.19. The van der Waals surface area contributed by atoms with E-state index in [4.69, 9.17) is 5.73 Å². The summed E-state index contributed by atoms with van der Waals surface area (Å²) in [5.74, 6) is -0.827. The Labute approximate surface area is 121 Å². The van der Waals surface area contributed by atoms with Gasteiger partial charge in [-0.05, 0) is 6.07 Å². The SMILES string of the molecule is CC(=O)ONC(N)=NN=Cc1cc([N+](=O)[O-])ccc1Br. The minimum absolute atomic E-state index is 0.0790. The lowest BCUT2D eigenvalue weighted by molar-refractivity contribution is -0.384. The number of nitro groups is 1. The van der Waals surface area contributed by atoms with Gasteiger partial charge in [0.05, 0.1) is 11.1 Å².